The fourth-order valence-electron chi connectivity index (χ4n) is 16.9. The lowest BCUT2D eigenvalue weighted by Crippen LogP contribution is -2.54. The number of fused-ring (bicyclic) bond motifs is 6. The zero-order valence-corrected chi connectivity index (χ0v) is 68.5. The van der Waals surface area contributed by atoms with E-state index in [4.69, 9.17) is 0 Å². The molecule has 1 aromatic carbocycles. The lowest BCUT2D eigenvalue weighted by atomic mass is 9.90. The molecule has 0 radical (unpaired) electrons. The molecule has 0 amide bonds. The number of anilines is 2. The molecule has 25 nitrogen and oxygen atoms in total. The van der Waals surface area contributed by atoms with Gasteiger partial charge in [0, 0.05) is 306 Å². The third-order valence-electron chi connectivity index (χ3n) is 23.4. The van der Waals surface area contributed by atoms with Crippen molar-refractivity contribution in [1.29, 1.82) is 0 Å². The molecule has 4 saturated heterocycles. The number of rotatable bonds is 0. The summed E-state index contributed by atoms with van der Waals surface area (Å²) in [4.78, 5) is 0. The summed E-state index contributed by atoms with van der Waals surface area (Å²) in [5.74, 6) is 0. The molecule has 9 fully saturated rings. The van der Waals surface area contributed by atoms with E-state index >= 15 is 0 Å². The second-order valence-corrected chi connectivity index (χ2v) is 32.9. The van der Waals surface area contributed by atoms with Crippen LogP contribution in [0.2, 0.25) is 0 Å². The first-order chi connectivity index (χ1) is 52.2. The maximum Gasteiger partial charge on any atom is 0.0576 e. The van der Waals surface area contributed by atoms with Crippen molar-refractivity contribution < 1.29 is 0 Å². The second kappa shape index (κ2) is 59.6. The normalized spacial score (nSPS) is 34.6. The van der Waals surface area contributed by atoms with Crippen LogP contribution in [0.15, 0.2) is 24.3 Å². The summed E-state index contributed by atoms with van der Waals surface area (Å²) < 4.78 is 0. The Morgan fingerprint density at radius 1 is 0.179 bits per heavy atom. The Morgan fingerprint density at radius 2 is 0.349 bits per heavy atom. The van der Waals surface area contributed by atoms with Crippen LogP contribution in [0, 0.1) is 0 Å². The Hall–Kier alpha value is -2.10. The summed E-state index contributed by atoms with van der Waals surface area (Å²) in [6.45, 7) is 47.1. The van der Waals surface area contributed by atoms with Crippen LogP contribution in [0.25, 0.3) is 0 Å². The van der Waals surface area contributed by atoms with Crippen molar-refractivity contribution in [3.8, 4) is 0 Å². The van der Waals surface area contributed by atoms with Gasteiger partial charge in [0.05, 0.1) is 11.4 Å². The highest BCUT2D eigenvalue weighted by Gasteiger charge is 2.30. The predicted molar refractivity (Wildman–Crippen MR) is 453 cm³/mol. The van der Waals surface area contributed by atoms with Crippen LogP contribution in [0.1, 0.15) is 176 Å². The molecule has 10 aliphatic rings. The minimum absolute atomic E-state index is 0.519. The summed E-state index contributed by atoms with van der Waals surface area (Å²) in [6, 6.07) is 18.0. The Bertz CT molecular complexity index is 2050. The van der Waals surface area contributed by atoms with Crippen LogP contribution in [0.4, 0.5) is 11.4 Å². The van der Waals surface area contributed by atoms with Crippen LogP contribution < -0.4 is 133 Å². The van der Waals surface area contributed by atoms with Crippen molar-refractivity contribution in [3.63, 3.8) is 0 Å². The fourth-order valence-corrected chi connectivity index (χ4v) is 16.9. The molecule has 106 heavy (non-hydrogen) atoms. The third kappa shape index (κ3) is 41.6. The van der Waals surface area contributed by atoms with E-state index in [2.05, 4.69) is 199 Å². The molecule has 5 aliphatic carbocycles. The van der Waals surface area contributed by atoms with Crippen LogP contribution in [-0.4, -0.2) is 306 Å². The summed E-state index contributed by atoms with van der Waals surface area (Å²) >= 11 is 0. The number of hydrogen-bond donors (Lipinski definition) is 25. The van der Waals surface area contributed by atoms with Gasteiger partial charge in [0.15, 0.2) is 0 Å². The molecule has 1 aromatic rings. The molecular weight excluding hydrogens is 1320 g/mol. The molecule has 5 saturated carbocycles. The van der Waals surface area contributed by atoms with E-state index in [1.54, 1.807) is 0 Å². The lowest BCUT2D eigenvalue weighted by Gasteiger charge is -2.34. The van der Waals surface area contributed by atoms with E-state index in [0.717, 1.165) is 209 Å². The average Bonchev–Trinajstić information content (AvgIpc) is 1.24. The maximum atomic E-state index is 3.82. The van der Waals surface area contributed by atoms with Crippen molar-refractivity contribution in [2.45, 2.75) is 273 Å². The van der Waals surface area contributed by atoms with E-state index < -0.39 is 0 Å². The molecule has 0 spiro atoms. The summed E-state index contributed by atoms with van der Waals surface area (Å²) in [5, 5.41) is 90.8. The largest absolute Gasteiger partial charge is 0.382 e. The van der Waals surface area contributed by atoms with Gasteiger partial charge in [-0.2, -0.15) is 0 Å². The van der Waals surface area contributed by atoms with E-state index in [9.17, 15) is 0 Å². The molecule has 618 valence electrons. The number of hydrogen-bond acceptors (Lipinski definition) is 25. The number of para-hydroxylation sites is 2. The first-order valence-corrected chi connectivity index (χ1v) is 44.4. The van der Waals surface area contributed by atoms with Gasteiger partial charge >= 0.3 is 0 Å². The molecule has 11 rings (SSSR count). The number of benzene rings is 1. The van der Waals surface area contributed by atoms with Gasteiger partial charge in [0.1, 0.15) is 0 Å². The van der Waals surface area contributed by atoms with Gasteiger partial charge in [0.25, 0.3) is 0 Å². The first-order valence-electron chi connectivity index (χ1n) is 44.4. The van der Waals surface area contributed by atoms with Gasteiger partial charge in [0.2, 0.25) is 0 Å². The van der Waals surface area contributed by atoms with Crippen LogP contribution in [0.5, 0.6) is 0 Å². The van der Waals surface area contributed by atoms with E-state index in [1.807, 2.05) is 0 Å². The molecular formula is C81H169N25. The predicted octanol–water partition coefficient (Wildman–Crippen LogP) is 1.36. The molecule has 25 heteroatoms. The minimum Gasteiger partial charge on any atom is -0.382 e. The highest BCUT2D eigenvalue weighted by Crippen LogP contribution is 2.24. The van der Waals surface area contributed by atoms with E-state index in [0.29, 0.717) is 96.7 Å². The van der Waals surface area contributed by atoms with Crippen LogP contribution in [0.3, 0.4) is 0 Å². The lowest BCUT2D eigenvalue weighted by molar-refractivity contribution is 0.270. The highest BCUT2D eigenvalue weighted by molar-refractivity contribution is 5.68. The van der Waals surface area contributed by atoms with Gasteiger partial charge in [-0.3, -0.25) is 0 Å². The SMILES string of the molecule is C1CCC2NCCNC3CCCCC3NCCNCCNC2C1.C1CC[C@H]2NCCNCCNCCNCCN[C@@H]2CC1.C[C@@H]1CN[C@@H](C)CNC2CCCCC2NC[C@H](C)NCCN1.C[C@@H]1CN[C@@H](C)CNC2CCCCC2NC[C@H](C)NCCN1.c1ccc2c(c1)NCCNCCNCCNCCN2. The van der Waals surface area contributed by atoms with Gasteiger partial charge in [-0.25, -0.2) is 0 Å². The van der Waals surface area contributed by atoms with Crippen molar-refractivity contribution in [1.82, 2.24) is 122 Å². The molecule has 8 unspecified atom stereocenters. The second-order valence-electron chi connectivity index (χ2n) is 32.9. The fraction of sp³-hybridized carbons (Fsp3) is 0.926. The highest BCUT2D eigenvalue weighted by atomic mass is 15.1. The smallest absolute Gasteiger partial charge is 0.0576 e. The van der Waals surface area contributed by atoms with Crippen molar-refractivity contribution in [3.05, 3.63) is 24.3 Å². The van der Waals surface area contributed by atoms with Gasteiger partial charge in [-0.15, -0.1) is 0 Å². The topological polar surface area (TPSA) is 301 Å². The van der Waals surface area contributed by atoms with Crippen molar-refractivity contribution >= 4 is 11.4 Å². The van der Waals surface area contributed by atoms with Crippen LogP contribution in [-0.2, 0) is 0 Å². The van der Waals surface area contributed by atoms with Gasteiger partial charge in [-0.1, -0.05) is 82.8 Å². The summed E-state index contributed by atoms with van der Waals surface area (Å²) in [7, 11) is 0. The average molecular weight is 1490 g/mol. The zero-order valence-electron chi connectivity index (χ0n) is 68.5. The Labute approximate surface area is 648 Å². The van der Waals surface area contributed by atoms with Gasteiger partial charge in [-0.05, 0) is 118 Å². The summed E-state index contributed by atoms with van der Waals surface area (Å²) in [6.07, 6.45) is 28.4. The molecule has 5 heterocycles. The summed E-state index contributed by atoms with van der Waals surface area (Å²) in [5.41, 5.74) is 2.36. The quantitative estimate of drug-likeness (QED) is 0.175. The third-order valence-corrected chi connectivity index (χ3v) is 23.4. The van der Waals surface area contributed by atoms with Crippen molar-refractivity contribution in [2.24, 2.45) is 0 Å². The zero-order chi connectivity index (χ0) is 74.4. The number of nitrogens with one attached hydrogen (secondary N) is 25. The monoisotopic (exact) mass is 1490 g/mol. The van der Waals surface area contributed by atoms with E-state index in [1.165, 1.54) is 146 Å². The first kappa shape index (κ1) is 91.1. The molecule has 5 aliphatic heterocycles. The molecule has 25 N–H and O–H groups in total. The minimum atomic E-state index is 0.519. The van der Waals surface area contributed by atoms with Crippen molar-refractivity contribution in [2.75, 3.05) is 220 Å². The van der Waals surface area contributed by atoms with E-state index in [-0.39, 0.29) is 0 Å². The van der Waals surface area contributed by atoms with Crippen LogP contribution >= 0.6 is 0 Å². The molecule has 0 bridgehead atoms. The Morgan fingerprint density at radius 3 is 0.594 bits per heavy atom. The standard InChI is InChI=1S/C18H37N5.2C17H37N5.C15H33N5.C14H25N5/c1-3-7-17-15(5-1)20-11-9-19-10-12-21-16-6-2-4-8-18(16)23-14-13-22-17;2*1-13-10-20-15(3)12-22-17-7-5-4-6-16(17)21-11-14(2)19-9-8-18-13;1-2-4-14-15(5-3-1)20-13-11-18-9-7-16-6-8-17-10-12-19-14;1-2-4-14-13(3-1)18-11-9-16-7-5-15-6-8-17-10-12-19-14/h15-23H,1-14H2;2*13-22H,4-12H2,1-3H3;14-20H,1-13H2;1-4,15-19H,5-12H2/t;2*13-,14+,15+,16?,17?;14-,15-;/m.111./s1. The molecule has 0 aromatic heterocycles. The molecule has 16 atom stereocenters. The Kier molecular flexibility index (Phi) is 51.2. The van der Waals surface area contributed by atoms with Gasteiger partial charge < -0.3 is 133 Å². The Balaban J connectivity index is 0.000000185. The maximum absolute atomic E-state index is 3.82.